The van der Waals surface area contributed by atoms with Crippen LogP contribution in [0.4, 0.5) is 0 Å². The maximum atomic E-state index is 4.39. The Balaban J connectivity index is 1.68. The molecule has 1 saturated carbocycles. The lowest BCUT2D eigenvalue weighted by atomic mass is 10.0. The maximum absolute atomic E-state index is 4.39. The third kappa shape index (κ3) is 4.15. The highest BCUT2D eigenvalue weighted by atomic mass is 14.9. The van der Waals surface area contributed by atoms with Gasteiger partial charge in [0.05, 0.1) is 0 Å². The van der Waals surface area contributed by atoms with Gasteiger partial charge >= 0.3 is 0 Å². The van der Waals surface area contributed by atoms with E-state index in [1.54, 1.807) is 0 Å². The Kier molecular flexibility index (Phi) is 4.66. The van der Waals surface area contributed by atoms with Crippen molar-refractivity contribution in [3.8, 4) is 11.1 Å². The van der Waals surface area contributed by atoms with Gasteiger partial charge in [0, 0.05) is 30.5 Å². The predicted octanol–water partition coefficient (Wildman–Crippen LogP) is 4.34. The van der Waals surface area contributed by atoms with Crippen LogP contribution < -0.4 is 5.32 Å². The van der Waals surface area contributed by atoms with Gasteiger partial charge in [-0.1, -0.05) is 37.6 Å². The molecule has 110 valence electrons. The number of aryl methyl sites for hydroxylation is 1. The Morgan fingerprint density at radius 1 is 1.05 bits per heavy atom. The number of pyridine rings is 1. The van der Waals surface area contributed by atoms with Crippen LogP contribution in [0.25, 0.3) is 11.1 Å². The quantitative estimate of drug-likeness (QED) is 0.816. The second-order valence-electron chi connectivity index (χ2n) is 6.04. The fraction of sp³-hybridized carbons (Fsp3) is 0.421. The highest BCUT2D eigenvalue weighted by Gasteiger charge is 2.19. The molecule has 2 aromatic rings. The molecule has 0 bridgehead atoms. The van der Waals surface area contributed by atoms with Crippen LogP contribution in [-0.4, -0.2) is 11.0 Å². The third-order valence-corrected chi connectivity index (χ3v) is 4.07. The average molecular weight is 280 g/mol. The molecule has 1 aliphatic rings. The summed E-state index contributed by atoms with van der Waals surface area (Å²) in [5.41, 5.74) is 5.18. The molecule has 0 unspecified atom stereocenters. The minimum absolute atomic E-state index is 0.742. The van der Waals surface area contributed by atoms with Crippen molar-refractivity contribution in [2.24, 2.45) is 0 Å². The van der Waals surface area contributed by atoms with E-state index in [4.69, 9.17) is 0 Å². The zero-order valence-electron chi connectivity index (χ0n) is 12.8. The van der Waals surface area contributed by atoms with Gasteiger partial charge in [0.25, 0.3) is 0 Å². The summed E-state index contributed by atoms with van der Waals surface area (Å²) in [4.78, 5) is 4.39. The summed E-state index contributed by atoms with van der Waals surface area (Å²) in [7, 11) is 0. The van der Waals surface area contributed by atoms with Crippen molar-refractivity contribution in [1.29, 1.82) is 0 Å². The number of benzene rings is 1. The number of hydrogen-bond acceptors (Lipinski definition) is 2. The molecule has 0 atom stereocenters. The Labute approximate surface area is 127 Å². The van der Waals surface area contributed by atoms with Gasteiger partial charge in [-0.2, -0.15) is 0 Å². The van der Waals surface area contributed by atoms with Crippen LogP contribution in [0.5, 0.6) is 0 Å². The summed E-state index contributed by atoms with van der Waals surface area (Å²) in [5.74, 6) is 0. The zero-order valence-corrected chi connectivity index (χ0v) is 12.8. The number of nitrogens with one attached hydrogen (secondary N) is 1. The molecular weight excluding hydrogens is 256 g/mol. The first kappa shape index (κ1) is 14.3. The normalized spacial score (nSPS) is 14.3. The third-order valence-electron chi connectivity index (χ3n) is 4.07. The largest absolute Gasteiger partial charge is 0.310 e. The van der Waals surface area contributed by atoms with E-state index >= 15 is 0 Å². The van der Waals surface area contributed by atoms with Crippen molar-refractivity contribution in [3.63, 3.8) is 0 Å². The molecule has 1 fully saturated rings. The van der Waals surface area contributed by atoms with Crippen molar-refractivity contribution >= 4 is 0 Å². The molecule has 0 saturated heterocycles. The Hall–Kier alpha value is -1.67. The molecule has 1 heterocycles. The summed E-state index contributed by atoms with van der Waals surface area (Å²) in [5, 5.41) is 3.54. The number of aromatic nitrogens is 1. The minimum atomic E-state index is 0.742. The van der Waals surface area contributed by atoms with Gasteiger partial charge in [-0.05, 0) is 48.4 Å². The standard InChI is InChI=1S/C19H24N2/c1-2-3-4-15-5-7-17(8-6-15)18-11-16(12-20-14-18)13-21-19-9-10-19/h5-8,11-12,14,19,21H,2-4,9-10,13H2,1H3. The lowest BCUT2D eigenvalue weighted by Gasteiger charge is -2.07. The van der Waals surface area contributed by atoms with E-state index in [1.807, 2.05) is 12.4 Å². The van der Waals surface area contributed by atoms with E-state index in [1.165, 1.54) is 54.4 Å². The number of unbranched alkanes of at least 4 members (excludes halogenated alkanes) is 1. The van der Waals surface area contributed by atoms with Gasteiger partial charge < -0.3 is 5.32 Å². The molecule has 1 N–H and O–H groups in total. The second-order valence-corrected chi connectivity index (χ2v) is 6.04. The fourth-order valence-electron chi connectivity index (χ4n) is 2.54. The van der Waals surface area contributed by atoms with Gasteiger partial charge in [0.1, 0.15) is 0 Å². The molecule has 1 aromatic heterocycles. The molecular formula is C19H24N2. The predicted molar refractivity (Wildman–Crippen MR) is 88.1 cm³/mol. The molecule has 21 heavy (non-hydrogen) atoms. The number of rotatable bonds is 7. The van der Waals surface area contributed by atoms with Crippen molar-refractivity contribution in [3.05, 3.63) is 53.9 Å². The summed E-state index contributed by atoms with van der Waals surface area (Å²) >= 11 is 0. The van der Waals surface area contributed by atoms with Gasteiger partial charge in [-0.25, -0.2) is 0 Å². The average Bonchev–Trinajstić information content (AvgIpc) is 3.36. The van der Waals surface area contributed by atoms with Crippen LogP contribution in [0.1, 0.15) is 43.7 Å². The maximum Gasteiger partial charge on any atom is 0.0346 e. The van der Waals surface area contributed by atoms with Crippen molar-refractivity contribution in [2.75, 3.05) is 0 Å². The van der Waals surface area contributed by atoms with Crippen LogP contribution in [0.3, 0.4) is 0 Å². The topological polar surface area (TPSA) is 24.9 Å². The zero-order chi connectivity index (χ0) is 14.5. The number of hydrogen-bond donors (Lipinski definition) is 1. The summed E-state index contributed by atoms with van der Waals surface area (Å²) < 4.78 is 0. The van der Waals surface area contributed by atoms with Crippen LogP contribution in [0, 0.1) is 0 Å². The first-order chi connectivity index (χ1) is 10.3. The van der Waals surface area contributed by atoms with Crippen LogP contribution in [0.2, 0.25) is 0 Å². The van der Waals surface area contributed by atoms with Crippen LogP contribution in [0.15, 0.2) is 42.7 Å². The van der Waals surface area contributed by atoms with E-state index in [9.17, 15) is 0 Å². The molecule has 0 aliphatic heterocycles. The van der Waals surface area contributed by atoms with Gasteiger partial charge in [0.2, 0.25) is 0 Å². The lowest BCUT2D eigenvalue weighted by Crippen LogP contribution is -2.15. The minimum Gasteiger partial charge on any atom is -0.310 e. The Morgan fingerprint density at radius 2 is 1.86 bits per heavy atom. The molecule has 1 aliphatic carbocycles. The van der Waals surface area contributed by atoms with Crippen molar-refractivity contribution in [1.82, 2.24) is 10.3 Å². The van der Waals surface area contributed by atoms with E-state index in [0.717, 1.165) is 12.6 Å². The molecule has 2 nitrogen and oxygen atoms in total. The van der Waals surface area contributed by atoms with Gasteiger partial charge in [-0.3, -0.25) is 4.98 Å². The van der Waals surface area contributed by atoms with E-state index in [0.29, 0.717) is 0 Å². The monoisotopic (exact) mass is 280 g/mol. The van der Waals surface area contributed by atoms with Crippen molar-refractivity contribution in [2.45, 2.75) is 51.6 Å². The summed E-state index contributed by atoms with van der Waals surface area (Å²) in [6.07, 6.45) is 10.3. The van der Waals surface area contributed by atoms with Crippen LogP contribution >= 0.6 is 0 Å². The molecule has 3 rings (SSSR count). The van der Waals surface area contributed by atoms with Crippen molar-refractivity contribution < 1.29 is 0 Å². The van der Waals surface area contributed by atoms with Gasteiger partial charge in [0.15, 0.2) is 0 Å². The van der Waals surface area contributed by atoms with Gasteiger partial charge in [-0.15, -0.1) is 0 Å². The fourth-order valence-corrected chi connectivity index (χ4v) is 2.54. The van der Waals surface area contributed by atoms with E-state index in [-0.39, 0.29) is 0 Å². The molecule has 0 spiro atoms. The molecule has 0 amide bonds. The highest BCUT2D eigenvalue weighted by molar-refractivity contribution is 5.63. The summed E-state index contributed by atoms with van der Waals surface area (Å²) in [6.45, 7) is 3.17. The van der Waals surface area contributed by atoms with E-state index < -0.39 is 0 Å². The lowest BCUT2D eigenvalue weighted by molar-refractivity contribution is 0.686. The summed E-state index contributed by atoms with van der Waals surface area (Å²) in [6, 6.07) is 11.9. The first-order valence-corrected chi connectivity index (χ1v) is 8.12. The smallest absolute Gasteiger partial charge is 0.0346 e. The molecule has 1 aromatic carbocycles. The second kappa shape index (κ2) is 6.86. The Bertz CT molecular complexity index is 570. The van der Waals surface area contributed by atoms with E-state index in [2.05, 4.69) is 47.6 Å². The highest BCUT2D eigenvalue weighted by Crippen LogP contribution is 2.22. The molecule has 0 radical (unpaired) electrons. The van der Waals surface area contributed by atoms with Crippen LogP contribution in [-0.2, 0) is 13.0 Å². The SMILES string of the molecule is CCCCc1ccc(-c2cncc(CNC3CC3)c2)cc1. The molecule has 2 heteroatoms. The Morgan fingerprint density at radius 3 is 2.57 bits per heavy atom. The first-order valence-electron chi connectivity index (χ1n) is 8.12. The number of nitrogens with zero attached hydrogens (tertiary/aromatic N) is 1.